The van der Waals surface area contributed by atoms with Gasteiger partial charge >= 0.3 is 0 Å². The van der Waals surface area contributed by atoms with Gasteiger partial charge in [0.15, 0.2) is 0 Å². The summed E-state index contributed by atoms with van der Waals surface area (Å²) < 4.78 is 2.08. The Morgan fingerprint density at radius 2 is 2.18 bits per heavy atom. The molecule has 22 heavy (non-hydrogen) atoms. The van der Waals surface area contributed by atoms with Crippen LogP contribution < -0.4 is 10.6 Å². The molecule has 5 nitrogen and oxygen atoms in total. The zero-order valence-electron chi connectivity index (χ0n) is 13.3. The molecular formula is C16H27ClN4O. The number of amides is 1. The number of hydrogen-bond donors (Lipinski definition) is 2. The lowest BCUT2D eigenvalue weighted by Crippen LogP contribution is -2.42. The average Bonchev–Trinajstić information content (AvgIpc) is 3.15. The quantitative estimate of drug-likeness (QED) is 0.893. The highest BCUT2D eigenvalue weighted by Gasteiger charge is 2.24. The van der Waals surface area contributed by atoms with E-state index >= 15 is 0 Å². The Labute approximate surface area is 138 Å². The van der Waals surface area contributed by atoms with Gasteiger partial charge in [0.2, 0.25) is 5.91 Å². The lowest BCUT2D eigenvalue weighted by Gasteiger charge is -2.26. The number of nitrogens with one attached hydrogen (secondary N) is 2. The molecule has 2 atom stereocenters. The SMILES string of the molecule is C[C@H]1C[C@@H](C(=O)NCc2ccn(C3CCCC3)n2)CCN1.Cl. The number of aromatic nitrogens is 2. The third kappa shape index (κ3) is 4.23. The van der Waals surface area contributed by atoms with Gasteiger partial charge in [0.1, 0.15) is 0 Å². The average molecular weight is 327 g/mol. The van der Waals surface area contributed by atoms with E-state index in [0.717, 1.165) is 25.1 Å². The zero-order chi connectivity index (χ0) is 14.7. The van der Waals surface area contributed by atoms with Gasteiger partial charge in [-0.25, -0.2) is 0 Å². The highest BCUT2D eigenvalue weighted by Crippen LogP contribution is 2.28. The molecule has 0 aromatic carbocycles. The Kier molecular flexibility index (Phi) is 6.26. The standard InChI is InChI=1S/C16H26N4O.ClH/c1-12-10-13(6-8-17-12)16(21)18-11-14-7-9-20(19-14)15-4-2-3-5-15;/h7,9,12-13,15,17H,2-6,8,10-11H2,1H3,(H,18,21);1H/t12-,13-;/m0./s1. The molecule has 2 aliphatic rings. The van der Waals surface area contributed by atoms with E-state index in [1.54, 1.807) is 0 Å². The molecule has 6 heteroatoms. The number of halogens is 1. The van der Waals surface area contributed by atoms with E-state index in [-0.39, 0.29) is 24.2 Å². The second kappa shape index (κ2) is 7.97. The summed E-state index contributed by atoms with van der Waals surface area (Å²) in [5.41, 5.74) is 0.970. The third-order valence-corrected chi connectivity index (χ3v) is 4.80. The van der Waals surface area contributed by atoms with Crippen molar-refractivity contribution in [2.24, 2.45) is 5.92 Å². The van der Waals surface area contributed by atoms with Crippen molar-refractivity contribution >= 4 is 18.3 Å². The van der Waals surface area contributed by atoms with Crippen LogP contribution in [0.3, 0.4) is 0 Å². The number of carbonyl (C=O) groups is 1. The summed E-state index contributed by atoms with van der Waals surface area (Å²) in [7, 11) is 0. The smallest absolute Gasteiger partial charge is 0.223 e. The molecule has 1 saturated heterocycles. The highest BCUT2D eigenvalue weighted by atomic mass is 35.5. The van der Waals surface area contributed by atoms with Gasteiger partial charge < -0.3 is 10.6 Å². The molecule has 0 spiro atoms. The Balaban J connectivity index is 0.00000176. The summed E-state index contributed by atoms with van der Waals surface area (Å²) in [6, 6.07) is 3.04. The highest BCUT2D eigenvalue weighted by molar-refractivity contribution is 5.85. The second-order valence-electron chi connectivity index (χ2n) is 6.52. The molecule has 0 radical (unpaired) electrons. The summed E-state index contributed by atoms with van der Waals surface area (Å²) in [5, 5.41) is 11.0. The maximum absolute atomic E-state index is 12.2. The van der Waals surface area contributed by atoms with E-state index in [2.05, 4.69) is 33.5 Å². The Morgan fingerprint density at radius 1 is 1.41 bits per heavy atom. The maximum atomic E-state index is 12.2. The summed E-state index contributed by atoms with van der Waals surface area (Å²) >= 11 is 0. The van der Waals surface area contributed by atoms with Crippen LogP contribution >= 0.6 is 12.4 Å². The van der Waals surface area contributed by atoms with Crippen LogP contribution in [0, 0.1) is 5.92 Å². The van der Waals surface area contributed by atoms with Crippen molar-refractivity contribution in [3.63, 3.8) is 0 Å². The molecule has 1 aliphatic heterocycles. The lowest BCUT2D eigenvalue weighted by molar-refractivity contribution is -0.126. The summed E-state index contributed by atoms with van der Waals surface area (Å²) in [6.45, 7) is 3.63. The van der Waals surface area contributed by atoms with E-state index in [4.69, 9.17) is 0 Å². The molecule has 2 fully saturated rings. The van der Waals surface area contributed by atoms with Crippen molar-refractivity contribution < 1.29 is 4.79 Å². The molecule has 0 unspecified atom stereocenters. The van der Waals surface area contributed by atoms with Crippen molar-refractivity contribution in [1.29, 1.82) is 0 Å². The van der Waals surface area contributed by atoms with E-state index in [0.29, 0.717) is 18.6 Å². The first-order valence-corrected chi connectivity index (χ1v) is 8.27. The van der Waals surface area contributed by atoms with Crippen LogP contribution in [0.4, 0.5) is 0 Å². The molecule has 1 amide bonds. The molecular weight excluding hydrogens is 300 g/mol. The van der Waals surface area contributed by atoms with Crippen LogP contribution in [0.15, 0.2) is 12.3 Å². The van der Waals surface area contributed by atoms with Gasteiger partial charge in [-0.1, -0.05) is 12.8 Å². The topological polar surface area (TPSA) is 59.0 Å². The fourth-order valence-electron chi connectivity index (χ4n) is 3.54. The van der Waals surface area contributed by atoms with Crippen molar-refractivity contribution in [2.75, 3.05) is 6.54 Å². The van der Waals surface area contributed by atoms with Crippen molar-refractivity contribution in [2.45, 2.75) is 64.1 Å². The number of rotatable bonds is 4. The molecule has 1 aliphatic carbocycles. The molecule has 2 heterocycles. The summed E-state index contributed by atoms with van der Waals surface area (Å²) in [4.78, 5) is 12.2. The van der Waals surface area contributed by atoms with Crippen molar-refractivity contribution in [3.8, 4) is 0 Å². The van der Waals surface area contributed by atoms with E-state index in [1.807, 2.05) is 6.07 Å². The first kappa shape index (κ1) is 17.3. The Bertz CT molecular complexity index is 484. The zero-order valence-corrected chi connectivity index (χ0v) is 14.1. The predicted octanol–water partition coefficient (Wildman–Crippen LogP) is 2.42. The monoisotopic (exact) mass is 326 g/mol. The molecule has 1 saturated carbocycles. The normalized spacial score (nSPS) is 25.7. The van der Waals surface area contributed by atoms with Crippen LogP contribution in [-0.4, -0.2) is 28.3 Å². The maximum Gasteiger partial charge on any atom is 0.223 e. The van der Waals surface area contributed by atoms with Gasteiger partial charge in [-0.05, 0) is 45.2 Å². The second-order valence-corrected chi connectivity index (χ2v) is 6.52. The van der Waals surface area contributed by atoms with Crippen LogP contribution in [0.25, 0.3) is 0 Å². The van der Waals surface area contributed by atoms with Crippen LogP contribution in [-0.2, 0) is 11.3 Å². The molecule has 3 rings (SSSR count). The van der Waals surface area contributed by atoms with Gasteiger partial charge in [0.05, 0.1) is 18.3 Å². The van der Waals surface area contributed by atoms with Crippen LogP contribution in [0.2, 0.25) is 0 Å². The molecule has 0 bridgehead atoms. The lowest BCUT2D eigenvalue weighted by atomic mass is 9.92. The van der Waals surface area contributed by atoms with E-state index in [1.165, 1.54) is 25.7 Å². The minimum absolute atomic E-state index is 0. The number of nitrogens with zero attached hydrogens (tertiary/aromatic N) is 2. The fraction of sp³-hybridized carbons (Fsp3) is 0.750. The number of piperidine rings is 1. The minimum atomic E-state index is 0. The molecule has 124 valence electrons. The minimum Gasteiger partial charge on any atom is -0.350 e. The van der Waals surface area contributed by atoms with Gasteiger partial charge in [0.25, 0.3) is 0 Å². The van der Waals surface area contributed by atoms with Gasteiger partial charge in [-0.15, -0.1) is 12.4 Å². The van der Waals surface area contributed by atoms with Gasteiger partial charge in [-0.2, -0.15) is 5.10 Å². The molecule has 1 aromatic rings. The van der Waals surface area contributed by atoms with Crippen LogP contribution in [0.1, 0.15) is 57.2 Å². The van der Waals surface area contributed by atoms with Gasteiger partial charge in [0, 0.05) is 18.2 Å². The van der Waals surface area contributed by atoms with Crippen molar-refractivity contribution in [1.82, 2.24) is 20.4 Å². The van der Waals surface area contributed by atoms with Crippen molar-refractivity contribution in [3.05, 3.63) is 18.0 Å². The Hall–Kier alpha value is -1.07. The third-order valence-electron chi connectivity index (χ3n) is 4.80. The first-order valence-electron chi connectivity index (χ1n) is 8.27. The molecule has 1 aromatic heterocycles. The largest absolute Gasteiger partial charge is 0.350 e. The van der Waals surface area contributed by atoms with Gasteiger partial charge in [-0.3, -0.25) is 9.48 Å². The summed E-state index contributed by atoms with van der Waals surface area (Å²) in [6.07, 6.45) is 9.02. The van der Waals surface area contributed by atoms with Crippen LogP contribution in [0.5, 0.6) is 0 Å². The first-order chi connectivity index (χ1) is 10.2. The number of hydrogen-bond acceptors (Lipinski definition) is 3. The van der Waals surface area contributed by atoms with E-state index in [9.17, 15) is 4.79 Å². The Morgan fingerprint density at radius 3 is 2.91 bits per heavy atom. The number of carbonyl (C=O) groups excluding carboxylic acids is 1. The van der Waals surface area contributed by atoms with E-state index < -0.39 is 0 Å². The molecule has 2 N–H and O–H groups in total. The fourth-order valence-corrected chi connectivity index (χ4v) is 3.54. The summed E-state index contributed by atoms with van der Waals surface area (Å²) in [5.74, 6) is 0.330. The predicted molar refractivity (Wildman–Crippen MR) is 89.0 cm³/mol.